The predicted octanol–water partition coefficient (Wildman–Crippen LogP) is 1.53. The minimum Gasteiger partial charge on any atom is -0.397 e. The monoisotopic (exact) mass is 317 g/mol. The van der Waals surface area contributed by atoms with E-state index in [4.69, 9.17) is 10.5 Å². The molecule has 0 unspecified atom stereocenters. The molecular weight excluding hydrogens is 302 g/mol. The maximum Gasteiger partial charge on any atom is 0.281 e. The second kappa shape index (κ2) is 6.20. The van der Waals surface area contributed by atoms with Crippen LogP contribution < -0.4 is 11.3 Å². The molecule has 2 N–H and O–H groups in total. The van der Waals surface area contributed by atoms with Crippen LogP contribution in [0.4, 0.5) is 5.69 Å². The number of nitrogen functional groups attached to an aromatic ring is 1. The summed E-state index contributed by atoms with van der Waals surface area (Å²) in [7, 11) is 1.63. The van der Waals surface area contributed by atoms with Crippen molar-refractivity contribution in [2.75, 3.05) is 19.5 Å². The van der Waals surface area contributed by atoms with Crippen LogP contribution in [0.2, 0.25) is 0 Å². The van der Waals surface area contributed by atoms with Crippen molar-refractivity contribution in [2.45, 2.75) is 13.0 Å². The van der Waals surface area contributed by atoms with Gasteiger partial charge in [-0.2, -0.15) is 0 Å². The van der Waals surface area contributed by atoms with Crippen LogP contribution in [0.15, 0.2) is 28.6 Å². The van der Waals surface area contributed by atoms with Crippen molar-refractivity contribution in [1.29, 1.82) is 0 Å². The van der Waals surface area contributed by atoms with Crippen molar-refractivity contribution in [3.8, 4) is 10.7 Å². The molecule has 0 aliphatic carbocycles. The summed E-state index contributed by atoms with van der Waals surface area (Å²) in [5.41, 5.74) is 7.58. The van der Waals surface area contributed by atoms with Crippen LogP contribution in [0.25, 0.3) is 21.9 Å². The zero-order valence-corrected chi connectivity index (χ0v) is 12.8. The van der Waals surface area contributed by atoms with Gasteiger partial charge >= 0.3 is 0 Å². The van der Waals surface area contributed by atoms with Gasteiger partial charge in [-0.1, -0.05) is 0 Å². The number of nitrogens with two attached hydrogens (primary N) is 1. The molecule has 114 valence electrons. The number of hydrogen-bond acceptors (Lipinski definition) is 7. The van der Waals surface area contributed by atoms with E-state index in [0.717, 1.165) is 0 Å². The third kappa shape index (κ3) is 2.58. The quantitative estimate of drug-likeness (QED) is 0.717. The van der Waals surface area contributed by atoms with E-state index in [2.05, 4.69) is 15.0 Å². The van der Waals surface area contributed by atoms with Gasteiger partial charge in [-0.25, -0.2) is 15.0 Å². The van der Waals surface area contributed by atoms with E-state index in [1.807, 2.05) is 5.38 Å². The Morgan fingerprint density at radius 2 is 2.23 bits per heavy atom. The SMILES string of the molecule is COCCCn1c(=O)c(-c2nccs2)nc2c(N)ccnc21. The lowest BCUT2D eigenvalue weighted by molar-refractivity contribution is 0.190. The van der Waals surface area contributed by atoms with Gasteiger partial charge in [-0.3, -0.25) is 9.36 Å². The van der Waals surface area contributed by atoms with Crippen molar-refractivity contribution in [1.82, 2.24) is 19.5 Å². The number of ether oxygens (including phenoxy) is 1. The number of anilines is 1. The molecule has 3 aromatic rings. The average molecular weight is 317 g/mol. The Morgan fingerprint density at radius 1 is 1.36 bits per heavy atom. The number of thiazole rings is 1. The lowest BCUT2D eigenvalue weighted by Gasteiger charge is -2.11. The Labute approximate surface area is 130 Å². The second-order valence-electron chi connectivity index (χ2n) is 4.67. The minimum absolute atomic E-state index is 0.211. The highest BCUT2D eigenvalue weighted by Crippen LogP contribution is 2.21. The minimum atomic E-state index is -0.211. The molecule has 22 heavy (non-hydrogen) atoms. The molecule has 0 radical (unpaired) electrons. The van der Waals surface area contributed by atoms with Crippen molar-refractivity contribution in [2.24, 2.45) is 0 Å². The zero-order chi connectivity index (χ0) is 15.5. The Kier molecular flexibility index (Phi) is 4.12. The fourth-order valence-electron chi connectivity index (χ4n) is 2.21. The number of fused-ring (bicyclic) bond motifs is 1. The molecule has 0 atom stereocenters. The Hall–Kier alpha value is -2.32. The predicted molar refractivity (Wildman–Crippen MR) is 85.8 cm³/mol. The summed E-state index contributed by atoms with van der Waals surface area (Å²) in [5, 5.41) is 2.39. The molecule has 0 bridgehead atoms. The Bertz CT molecular complexity index is 844. The summed E-state index contributed by atoms with van der Waals surface area (Å²) in [6, 6.07) is 1.67. The standard InChI is InChI=1S/C14H15N5O2S/c1-21-7-2-6-19-12-10(9(15)3-4-16-12)18-11(14(19)20)13-17-5-8-22-13/h3-5,8H,2,6-7H2,1H3,(H2,15,16). The van der Waals surface area contributed by atoms with E-state index < -0.39 is 0 Å². The topological polar surface area (TPSA) is 95.9 Å². The largest absolute Gasteiger partial charge is 0.397 e. The first-order valence-electron chi connectivity index (χ1n) is 6.76. The number of hydrogen-bond donors (Lipinski definition) is 1. The normalized spacial score (nSPS) is 11.1. The first-order chi connectivity index (χ1) is 10.7. The molecular formula is C14H15N5O2S. The maximum atomic E-state index is 12.7. The number of nitrogens with zero attached hydrogens (tertiary/aromatic N) is 4. The maximum absolute atomic E-state index is 12.7. The van der Waals surface area contributed by atoms with Gasteiger partial charge in [0.05, 0.1) is 5.69 Å². The molecule has 0 saturated heterocycles. The summed E-state index contributed by atoms with van der Waals surface area (Å²) < 4.78 is 6.65. The molecule has 0 amide bonds. The van der Waals surface area contributed by atoms with Crippen LogP contribution in [0.5, 0.6) is 0 Å². The number of pyridine rings is 1. The number of methoxy groups -OCH3 is 1. The molecule has 8 heteroatoms. The molecule has 7 nitrogen and oxygen atoms in total. The average Bonchev–Trinajstić information content (AvgIpc) is 3.04. The fraction of sp³-hybridized carbons (Fsp3) is 0.286. The highest BCUT2D eigenvalue weighted by Gasteiger charge is 2.16. The molecule has 0 aliphatic heterocycles. The Morgan fingerprint density at radius 3 is 2.95 bits per heavy atom. The summed E-state index contributed by atoms with van der Waals surface area (Å²) in [6.07, 6.45) is 3.92. The smallest absolute Gasteiger partial charge is 0.281 e. The second-order valence-corrected chi connectivity index (χ2v) is 5.57. The number of aromatic nitrogens is 4. The van der Waals surface area contributed by atoms with E-state index in [1.165, 1.54) is 11.3 Å². The van der Waals surface area contributed by atoms with Gasteiger partial charge < -0.3 is 10.5 Å². The molecule has 3 heterocycles. The van der Waals surface area contributed by atoms with Crippen LogP contribution in [-0.2, 0) is 11.3 Å². The highest BCUT2D eigenvalue weighted by atomic mass is 32.1. The van der Waals surface area contributed by atoms with E-state index in [-0.39, 0.29) is 5.56 Å². The van der Waals surface area contributed by atoms with Crippen LogP contribution in [0.1, 0.15) is 6.42 Å². The zero-order valence-electron chi connectivity index (χ0n) is 12.0. The first-order valence-corrected chi connectivity index (χ1v) is 7.64. The molecule has 3 aromatic heterocycles. The summed E-state index contributed by atoms with van der Waals surface area (Å²) in [4.78, 5) is 25.6. The van der Waals surface area contributed by atoms with Crippen molar-refractivity contribution < 1.29 is 4.74 Å². The van der Waals surface area contributed by atoms with E-state index in [0.29, 0.717) is 47.1 Å². The van der Waals surface area contributed by atoms with Crippen LogP contribution >= 0.6 is 11.3 Å². The van der Waals surface area contributed by atoms with Crippen LogP contribution in [-0.4, -0.2) is 33.2 Å². The van der Waals surface area contributed by atoms with Gasteiger partial charge in [-0.05, 0) is 12.5 Å². The number of rotatable bonds is 5. The first kappa shape index (κ1) is 14.6. The molecule has 0 aromatic carbocycles. The molecule has 0 saturated carbocycles. The number of aryl methyl sites for hydroxylation is 1. The van der Waals surface area contributed by atoms with Gasteiger partial charge in [0, 0.05) is 38.0 Å². The van der Waals surface area contributed by atoms with E-state index >= 15 is 0 Å². The van der Waals surface area contributed by atoms with Gasteiger partial charge in [0.15, 0.2) is 11.3 Å². The van der Waals surface area contributed by atoms with Crippen LogP contribution in [0, 0.1) is 0 Å². The van der Waals surface area contributed by atoms with Gasteiger partial charge in [0.25, 0.3) is 5.56 Å². The van der Waals surface area contributed by atoms with Gasteiger partial charge in [0.2, 0.25) is 0 Å². The fourth-order valence-corrected chi connectivity index (χ4v) is 2.82. The van der Waals surface area contributed by atoms with E-state index in [9.17, 15) is 4.79 Å². The molecule has 0 fully saturated rings. The highest BCUT2D eigenvalue weighted by molar-refractivity contribution is 7.13. The van der Waals surface area contributed by atoms with Crippen molar-refractivity contribution in [3.63, 3.8) is 0 Å². The molecule has 0 aliphatic rings. The van der Waals surface area contributed by atoms with Crippen molar-refractivity contribution in [3.05, 3.63) is 34.2 Å². The van der Waals surface area contributed by atoms with Gasteiger partial charge in [0.1, 0.15) is 10.5 Å². The lowest BCUT2D eigenvalue weighted by Crippen LogP contribution is -2.25. The third-order valence-electron chi connectivity index (χ3n) is 3.23. The summed E-state index contributed by atoms with van der Waals surface area (Å²) in [5.74, 6) is 0. The van der Waals surface area contributed by atoms with Crippen LogP contribution in [0.3, 0.4) is 0 Å². The van der Waals surface area contributed by atoms with Crippen molar-refractivity contribution >= 4 is 28.2 Å². The molecule has 3 rings (SSSR count). The third-order valence-corrected chi connectivity index (χ3v) is 4.01. The van der Waals surface area contributed by atoms with E-state index in [1.54, 1.807) is 30.1 Å². The Balaban J connectivity index is 2.23. The molecule has 0 spiro atoms. The summed E-state index contributed by atoms with van der Waals surface area (Å²) in [6.45, 7) is 1.05. The lowest BCUT2D eigenvalue weighted by atomic mass is 10.3. The van der Waals surface area contributed by atoms with Gasteiger partial charge in [-0.15, -0.1) is 11.3 Å². The summed E-state index contributed by atoms with van der Waals surface area (Å²) >= 11 is 1.37.